The van der Waals surface area contributed by atoms with Gasteiger partial charge in [-0.05, 0) is 223 Å². The van der Waals surface area contributed by atoms with Gasteiger partial charge in [-0.15, -0.1) is 0 Å². The Morgan fingerprint density at radius 3 is 0.776 bits per heavy atom. The van der Waals surface area contributed by atoms with E-state index >= 15 is 0 Å². The zero-order chi connectivity index (χ0) is 69.3. The van der Waals surface area contributed by atoms with Crippen molar-refractivity contribution in [1.82, 2.24) is 51.7 Å². The first kappa shape index (κ1) is 97.0. The summed E-state index contributed by atoms with van der Waals surface area (Å²) in [4.78, 5) is 104. The van der Waals surface area contributed by atoms with E-state index in [-0.39, 0.29) is 108 Å². The SMILES string of the molecule is C/C=C/C(=O)N(C)C(C)C.C/C=C/C(=O)NC(C)C.C/C=C\C(=O)N(C)C(C)C.C/C=C\C(=O)NC(C)C.C=CC(=O)N(C)C(C)C.C=CC(=O)NC(C)C.C=CC(=O)NNC(C)C.CC(C)=CC(=O)N(C)C(C)C.CC(C)=CC(=O)NC(C)C. The normalized spacial score (nSPS) is 9.96. The van der Waals surface area contributed by atoms with E-state index in [4.69, 9.17) is 0 Å². The molecule has 0 fully saturated rings. The zero-order valence-corrected chi connectivity index (χ0v) is 58.8. The monoisotopic (exact) mass is 1200 g/mol. The van der Waals surface area contributed by atoms with Crippen molar-refractivity contribution in [3.63, 3.8) is 0 Å². The molecule has 19 nitrogen and oxygen atoms in total. The lowest BCUT2D eigenvalue weighted by atomic mass is 10.3. The lowest BCUT2D eigenvalue weighted by Gasteiger charge is -2.19. The summed E-state index contributed by atoms with van der Waals surface area (Å²) in [6, 6.07) is 2.25. The fraction of sp³-hybridized carbons (Fsp3) is 0.591. The maximum Gasteiger partial charge on any atom is 0.257 e. The lowest BCUT2D eigenvalue weighted by Crippen LogP contribution is -2.40. The van der Waals surface area contributed by atoms with Crippen LogP contribution in [0.25, 0.3) is 0 Å². The van der Waals surface area contributed by atoms with E-state index in [0.717, 1.165) is 11.1 Å². The molecule has 0 aromatic carbocycles. The molecule has 0 rings (SSSR count). The van der Waals surface area contributed by atoms with Crippen LogP contribution < -0.4 is 32.1 Å². The molecule has 6 N–H and O–H groups in total. The van der Waals surface area contributed by atoms with Crippen molar-refractivity contribution in [2.75, 3.05) is 28.2 Å². The fourth-order valence-electron chi connectivity index (χ4n) is 4.20. The molecule has 0 aliphatic heterocycles. The molecule has 85 heavy (non-hydrogen) atoms. The maximum atomic E-state index is 11.2. The highest BCUT2D eigenvalue weighted by atomic mass is 16.2. The highest BCUT2D eigenvalue weighted by Gasteiger charge is 2.10. The van der Waals surface area contributed by atoms with Gasteiger partial charge in [-0.2, -0.15) is 0 Å². The minimum absolute atomic E-state index is 0.00463. The van der Waals surface area contributed by atoms with Crippen molar-refractivity contribution in [3.05, 3.63) is 110 Å². The van der Waals surface area contributed by atoms with E-state index < -0.39 is 0 Å². The highest BCUT2D eigenvalue weighted by molar-refractivity contribution is 5.90. The van der Waals surface area contributed by atoms with Crippen molar-refractivity contribution in [3.8, 4) is 0 Å². The Morgan fingerprint density at radius 2 is 0.576 bits per heavy atom. The molecule has 19 heteroatoms. The van der Waals surface area contributed by atoms with Gasteiger partial charge in [0.1, 0.15) is 0 Å². The van der Waals surface area contributed by atoms with Crippen molar-refractivity contribution >= 4 is 53.2 Å². The second-order valence-electron chi connectivity index (χ2n) is 21.7. The third kappa shape index (κ3) is 83.4. The van der Waals surface area contributed by atoms with Crippen LogP contribution in [-0.4, -0.2) is 155 Å². The average molecular weight is 1200 g/mol. The van der Waals surface area contributed by atoms with E-state index in [0.29, 0.717) is 0 Å². The molecule has 0 spiro atoms. The van der Waals surface area contributed by atoms with Crippen LogP contribution in [0, 0.1) is 0 Å². The Bertz CT molecular complexity index is 1990. The van der Waals surface area contributed by atoms with Gasteiger partial charge in [0, 0.05) is 94.7 Å². The summed E-state index contributed by atoms with van der Waals surface area (Å²) >= 11 is 0. The summed E-state index contributed by atoms with van der Waals surface area (Å²) in [7, 11) is 7.17. The highest BCUT2D eigenvalue weighted by Crippen LogP contribution is 1.99. The van der Waals surface area contributed by atoms with Crippen LogP contribution in [0.5, 0.6) is 0 Å². The lowest BCUT2D eigenvalue weighted by molar-refractivity contribution is -0.127. The van der Waals surface area contributed by atoms with E-state index in [1.807, 2.05) is 187 Å². The van der Waals surface area contributed by atoms with Crippen LogP contribution >= 0.6 is 0 Å². The first-order chi connectivity index (χ1) is 38.9. The van der Waals surface area contributed by atoms with Gasteiger partial charge >= 0.3 is 0 Å². The summed E-state index contributed by atoms with van der Waals surface area (Å²) < 4.78 is 0. The van der Waals surface area contributed by atoms with Gasteiger partial charge in [-0.1, -0.05) is 55.2 Å². The minimum Gasteiger partial charge on any atom is -0.350 e. The number of carbonyl (C=O) groups is 9. The summed E-state index contributed by atoms with van der Waals surface area (Å²) in [5.41, 5.74) is 7.22. The number of hydrogen-bond donors (Lipinski definition) is 6. The van der Waals surface area contributed by atoms with Gasteiger partial charge in [-0.25, -0.2) is 5.43 Å². The molecular formula is C66H124N10O9. The quantitative estimate of drug-likeness (QED) is 0.0528. The van der Waals surface area contributed by atoms with Crippen LogP contribution in [0.4, 0.5) is 0 Å². The van der Waals surface area contributed by atoms with Gasteiger partial charge in [0.2, 0.25) is 47.3 Å². The molecule has 0 saturated heterocycles. The molecule has 0 heterocycles. The second-order valence-corrected chi connectivity index (χ2v) is 21.7. The molecular weight excluding hydrogens is 1080 g/mol. The number of hydrazine groups is 1. The Kier molecular flexibility index (Phi) is 71.8. The molecule has 0 aliphatic rings. The number of nitrogens with zero attached hydrogens (tertiary/aromatic N) is 4. The molecule has 0 radical (unpaired) electrons. The fourth-order valence-corrected chi connectivity index (χ4v) is 4.20. The van der Waals surface area contributed by atoms with Crippen LogP contribution in [0.15, 0.2) is 110 Å². The summed E-state index contributed by atoms with van der Waals surface area (Å²) in [5, 5.41) is 10.8. The number of carbonyl (C=O) groups excluding carboxylic acids is 9. The Labute approximate surface area is 518 Å². The molecule has 9 amide bonds. The van der Waals surface area contributed by atoms with Gasteiger partial charge in [0.05, 0.1) is 0 Å². The van der Waals surface area contributed by atoms with E-state index in [2.05, 4.69) is 51.9 Å². The molecule has 0 saturated carbocycles. The maximum absolute atomic E-state index is 11.2. The van der Waals surface area contributed by atoms with Crippen LogP contribution in [0.1, 0.15) is 180 Å². The third-order valence-electron chi connectivity index (χ3n) is 9.33. The first-order valence-corrected chi connectivity index (χ1v) is 28.9. The number of rotatable bonds is 19. The Hall–Kier alpha value is -7.15. The van der Waals surface area contributed by atoms with Crippen molar-refractivity contribution in [1.29, 1.82) is 0 Å². The molecule has 0 aliphatic carbocycles. The minimum atomic E-state index is -0.205. The van der Waals surface area contributed by atoms with Crippen LogP contribution in [-0.2, 0) is 43.2 Å². The largest absolute Gasteiger partial charge is 0.350 e. The number of amides is 9. The predicted molar refractivity (Wildman–Crippen MR) is 360 cm³/mol. The standard InChI is InChI=1S/C9H17NO.3C8H15NO.3C7H13NO.C6H12N2O.C6H11NO/c1-7(2)6-9(11)10(5)8(3)4;1-6(2)5-8(10)9-7(3)4;2*1-5-6-8(10)9(4)7(2)3;1-5-7(9)8(4)6(2)3;2*1-4-5-7(9)8-6(2)3;1-4-6(9)8-7-5(2)3;1-4-6(8)7-5(2)3/h6,8H,1-5H3;5,7H,1-4H3,(H,9,10);2*5-7H,1-4H3;5-6H,1H2,2-4H3;2*4-6H,1-3H3,(H,8,9);4-5,7H,1H2,2-3H3,(H,8,9);4-5H,1H2,2-3H3,(H,7,8)/b;;6-5+;6-5-;;5-4+;5-4-;;. The topological polar surface area (TPSA) is 239 Å². The first-order valence-electron chi connectivity index (χ1n) is 28.9. The molecule has 0 aromatic heterocycles. The molecule has 0 bridgehead atoms. The van der Waals surface area contributed by atoms with Crippen molar-refractivity contribution in [2.24, 2.45) is 0 Å². The molecule has 0 unspecified atom stereocenters. The third-order valence-corrected chi connectivity index (χ3v) is 9.33. The summed E-state index contributed by atoms with van der Waals surface area (Å²) in [5.74, 6) is -0.168. The van der Waals surface area contributed by atoms with Gasteiger partial charge < -0.3 is 40.9 Å². The van der Waals surface area contributed by atoms with E-state index in [1.54, 1.807) is 89.4 Å². The van der Waals surface area contributed by atoms with Crippen LogP contribution in [0.3, 0.4) is 0 Å². The Balaban J connectivity index is -0.000000109. The van der Waals surface area contributed by atoms with Crippen molar-refractivity contribution in [2.45, 2.75) is 234 Å². The second kappa shape index (κ2) is 62.9. The summed E-state index contributed by atoms with van der Waals surface area (Å²) in [6.07, 6.45) is 20.2. The van der Waals surface area contributed by atoms with Gasteiger partial charge in [0.15, 0.2) is 0 Å². The van der Waals surface area contributed by atoms with Gasteiger partial charge in [0.25, 0.3) is 5.91 Å². The Morgan fingerprint density at radius 1 is 0.318 bits per heavy atom. The summed E-state index contributed by atoms with van der Waals surface area (Å²) in [6.45, 7) is 60.1. The number of nitrogens with one attached hydrogen (secondary N) is 6. The zero-order valence-electron chi connectivity index (χ0n) is 58.8. The number of allylic oxidation sites excluding steroid dienone is 6. The van der Waals surface area contributed by atoms with Gasteiger partial charge in [-0.3, -0.25) is 48.6 Å². The molecule has 0 aromatic rings. The number of likely N-dealkylation sites (N-methyl/N-ethyl adjacent to an activating group) is 4. The van der Waals surface area contributed by atoms with Crippen molar-refractivity contribution < 1.29 is 43.2 Å². The van der Waals surface area contributed by atoms with E-state index in [1.165, 1.54) is 30.4 Å². The molecule has 0 atom stereocenters. The molecule has 492 valence electrons. The van der Waals surface area contributed by atoms with E-state index in [9.17, 15) is 43.2 Å². The number of hydrogen-bond acceptors (Lipinski definition) is 10. The van der Waals surface area contributed by atoms with Crippen LogP contribution in [0.2, 0.25) is 0 Å². The smallest absolute Gasteiger partial charge is 0.257 e. The average Bonchev–Trinajstić information content (AvgIpc) is 3.37. The predicted octanol–water partition coefficient (Wildman–Crippen LogP) is 10.3.